The highest BCUT2D eigenvalue weighted by Crippen LogP contribution is 2.40. The second kappa shape index (κ2) is 12.4. The van der Waals surface area contributed by atoms with E-state index < -0.39 is 5.25 Å². The van der Waals surface area contributed by atoms with Gasteiger partial charge in [-0.15, -0.1) is 0 Å². The highest BCUT2D eigenvalue weighted by Gasteiger charge is 2.41. The van der Waals surface area contributed by atoms with E-state index in [9.17, 15) is 14.4 Å². The van der Waals surface area contributed by atoms with Crippen molar-refractivity contribution >= 4 is 57.7 Å². The Morgan fingerprint density at radius 1 is 1.00 bits per heavy atom. The maximum absolute atomic E-state index is 13.0. The number of imide groups is 1. The number of methoxy groups -OCH3 is 3. The molecule has 2 heterocycles. The predicted molar refractivity (Wildman–Crippen MR) is 149 cm³/mol. The molecule has 0 aromatic heterocycles. The second-order valence-corrected chi connectivity index (χ2v) is 10.2. The highest BCUT2D eigenvalue weighted by molar-refractivity contribution is 8.23. The van der Waals surface area contributed by atoms with Crippen LogP contribution >= 0.6 is 24.0 Å². The van der Waals surface area contributed by atoms with Crippen LogP contribution in [0.3, 0.4) is 0 Å². The molecule has 9 nitrogen and oxygen atoms in total. The summed E-state index contributed by atoms with van der Waals surface area (Å²) in [6.07, 6.45) is 3.12. The summed E-state index contributed by atoms with van der Waals surface area (Å²) in [6, 6.07) is 9.86. The van der Waals surface area contributed by atoms with E-state index in [1.165, 1.54) is 39.2 Å². The number of carbonyl (C=O) groups is 3. The third-order valence-corrected chi connectivity index (χ3v) is 7.84. The number of anilines is 1. The van der Waals surface area contributed by atoms with Gasteiger partial charge in [-0.2, -0.15) is 0 Å². The van der Waals surface area contributed by atoms with Gasteiger partial charge in [0.1, 0.15) is 9.57 Å². The first-order valence-corrected chi connectivity index (χ1v) is 13.2. The number of hydrogen-bond donors (Lipinski definition) is 0. The minimum absolute atomic E-state index is 0.0740. The lowest BCUT2D eigenvalue weighted by Crippen LogP contribution is -2.39. The molecule has 200 valence electrons. The molecule has 2 aliphatic rings. The number of ketones is 1. The van der Waals surface area contributed by atoms with Gasteiger partial charge < -0.3 is 23.8 Å². The van der Waals surface area contributed by atoms with Gasteiger partial charge in [0.2, 0.25) is 17.6 Å². The standard InChI is InChI=1S/C27H28N2O7S2/c1-33-21-11-7-18(24(34-2)25(21)35-3)6-10-20(30)17-4-8-19(9-5-17)29-23(31)16-22(26(29)32)38-27(37)28-12-14-36-15-13-28/h4-11,22H,12-16H2,1-3H3/b10-6+. The van der Waals surface area contributed by atoms with Gasteiger partial charge >= 0.3 is 0 Å². The van der Waals surface area contributed by atoms with Crippen molar-refractivity contribution < 1.29 is 33.3 Å². The number of rotatable bonds is 8. The monoisotopic (exact) mass is 556 g/mol. The van der Waals surface area contributed by atoms with Gasteiger partial charge in [0.25, 0.3) is 0 Å². The van der Waals surface area contributed by atoms with Gasteiger partial charge in [-0.3, -0.25) is 14.4 Å². The Labute approximate surface area is 230 Å². The Morgan fingerprint density at radius 2 is 1.68 bits per heavy atom. The molecule has 0 N–H and O–H groups in total. The fourth-order valence-corrected chi connectivity index (χ4v) is 5.74. The van der Waals surface area contributed by atoms with Crippen LogP contribution in [0.5, 0.6) is 17.2 Å². The van der Waals surface area contributed by atoms with Crippen molar-refractivity contribution in [2.24, 2.45) is 0 Å². The molecule has 2 fully saturated rings. The van der Waals surface area contributed by atoms with Crippen LogP contribution in [-0.4, -0.2) is 79.7 Å². The molecule has 38 heavy (non-hydrogen) atoms. The molecule has 2 aromatic rings. The molecular formula is C27H28N2O7S2. The highest BCUT2D eigenvalue weighted by atomic mass is 32.2. The molecule has 11 heteroatoms. The van der Waals surface area contributed by atoms with E-state index in [1.807, 2.05) is 4.90 Å². The molecule has 2 amide bonds. The molecule has 1 atom stereocenters. The summed E-state index contributed by atoms with van der Waals surface area (Å²) < 4.78 is 22.1. The lowest BCUT2D eigenvalue weighted by atomic mass is 10.1. The molecule has 0 saturated carbocycles. The van der Waals surface area contributed by atoms with E-state index in [-0.39, 0.29) is 24.0 Å². The summed E-state index contributed by atoms with van der Waals surface area (Å²) in [5.74, 6) is 0.524. The number of benzene rings is 2. The number of ether oxygens (including phenoxy) is 4. The average molecular weight is 557 g/mol. The third kappa shape index (κ3) is 5.85. The molecule has 2 aromatic carbocycles. The van der Waals surface area contributed by atoms with Crippen LogP contribution in [0.1, 0.15) is 22.3 Å². The normalized spacial score (nSPS) is 17.7. The van der Waals surface area contributed by atoms with E-state index in [2.05, 4.69) is 0 Å². The third-order valence-electron chi connectivity index (χ3n) is 6.18. The van der Waals surface area contributed by atoms with E-state index in [4.69, 9.17) is 31.2 Å². The SMILES string of the molecule is COc1ccc(/C=C/C(=O)c2ccc(N3C(=O)CC(SC(=S)N4CCOCC4)C3=O)cc2)c(OC)c1OC. The fraction of sp³-hybridized carbons (Fsp3) is 0.333. The minimum Gasteiger partial charge on any atom is -0.493 e. The van der Waals surface area contributed by atoms with Crippen LogP contribution in [0.2, 0.25) is 0 Å². The summed E-state index contributed by atoms with van der Waals surface area (Å²) in [5.41, 5.74) is 1.47. The van der Waals surface area contributed by atoms with Crippen LogP contribution in [0.4, 0.5) is 5.69 Å². The van der Waals surface area contributed by atoms with Crippen molar-refractivity contribution in [3.05, 3.63) is 53.6 Å². The maximum atomic E-state index is 13.0. The van der Waals surface area contributed by atoms with Gasteiger partial charge in [-0.25, -0.2) is 4.90 Å². The number of allylic oxidation sites excluding steroid dienone is 1. The predicted octanol–water partition coefficient (Wildman–Crippen LogP) is 3.59. The lowest BCUT2D eigenvalue weighted by Gasteiger charge is -2.29. The van der Waals surface area contributed by atoms with Crippen molar-refractivity contribution in [3.63, 3.8) is 0 Å². The molecular weight excluding hydrogens is 528 g/mol. The van der Waals surface area contributed by atoms with Crippen molar-refractivity contribution in [1.29, 1.82) is 0 Å². The molecule has 0 aliphatic carbocycles. The molecule has 0 spiro atoms. The Morgan fingerprint density at radius 3 is 2.32 bits per heavy atom. The molecule has 1 unspecified atom stereocenters. The van der Waals surface area contributed by atoms with Gasteiger partial charge in [0.05, 0.1) is 40.2 Å². The molecule has 4 rings (SSSR count). The molecule has 0 bridgehead atoms. The fourth-order valence-electron chi connectivity index (χ4n) is 4.20. The summed E-state index contributed by atoms with van der Waals surface area (Å²) in [5, 5.41) is -0.571. The van der Waals surface area contributed by atoms with Gasteiger partial charge in [-0.1, -0.05) is 24.0 Å². The van der Waals surface area contributed by atoms with Crippen LogP contribution in [-0.2, 0) is 14.3 Å². The van der Waals surface area contributed by atoms with Gasteiger partial charge in [-0.05, 0) is 48.6 Å². The minimum atomic E-state index is -0.571. The number of thioether (sulfide) groups is 1. The lowest BCUT2D eigenvalue weighted by molar-refractivity contribution is -0.121. The van der Waals surface area contributed by atoms with Crippen molar-refractivity contribution in [3.8, 4) is 17.2 Å². The number of thiocarbonyl (C=S) groups is 1. The summed E-state index contributed by atoms with van der Waals surface area (Å²) in [6.45, 7) is 2.53. The zero-order valence-electron chi connectivity index (χ0n) is 21.3. The smallest absolute Gasteiger partial charge is 0.247 e. The van der Waals surface area contributed by atoms with Crippen molar-refractivity contribution in [1.82, 2.24) is 4.90 Å². The summed E-state index contributed by atoms with van der Waals surface area (Å²) in [7, 11) is 4.55. The quantitative estimate of drug-likeness (QED) is 0.208. The van der Waals surface area contributed by atoms with Gasteiger partial charge in [0.15, 0.2) is 17.3 Å². The first-order chi connectivity index (χ1) is 18.4. The average Bonchev–Trinajstić information content (AvgIpc) is 3.23. The number of hydrogen-bond acceptors (Lipinski definition) is 9. The van der Waals surface area contributed by atoms with Crippen molar-refractivity contribution in [2.45, 2.75) is 11.7 Å². The first-order valence-electron chi connectivity index (χ1n) is 11.9. The molecule has 2 saturated heterocycles. The number of amides is 2. The Bertz CT molecular complexity index is 1260. The van der Waals surface area contributed by atoms with E-state index in [0.29, 0.717) is 64.7 Å². The largest absolute Gasteiger partial charge is 0.493 e. The second-order valence-electron chi connectivity index (χ2n) is 8.41. The van der Waals surface area contributed by atoms with Crippen molar-refractivity contribution in [2.75, 3.05) is 52.5 Å². The summed E-state index contributed by atoms with van der Waals surface area (Å²) in [4.78, 5) is 41.7. The van der Waals surface area contributed by atoms with E-state index in [0.717, 1.165) is 4.90 Å². The van der Waals surface area contributed by atoms with E-state index >= 15 is 0 Å². The van der Waals surface area contributed by atoms with Crippen LogP contribution in [0, 0.1) is 0 Å². The Hall–Kier alpha value is -3.41. The van der Waals surface area contributed by atoms with Crippen LogP contribution < -0.4 is 19.1 Å². The topological polar surface area (TPSA) is 94.6 Å². The number of nitrogens with zero attached hydrogens (tertiary/aromatic N) is 2. The molecule has 0 radical (unpaired) electrons. The number of carbonyl (C=O) groups excluding carboxylic acids is 3. The summed E-state index contributed by atoms with van der Waals surface area (Å²) >= 11 is 6.74. The van der Waals surface area contributed by atoms with E-state index in [1.54, 1.807) is 42.5 Å². The maximum Gasteiger partial charge on any atom is 0.247 e. The zero-order valence-corrected chi connectivity index (χ0v) is 22.9. The van der Waals surface area contributed by atoms with Crippen LogP contribution in [0.15, 0.2) is 42.5 Å². The Kier molecular flexibility index (Phi) is 9.03. The zero-order chi connectivity index (χ0) is 27.2. The number of morpholine rings is 1. The first kappa shape index (κ1) is 27.6. The Balaban J connectivity index is 1.44. The molecule has 2 aliphatic heterocycles. The van der Waals surface area contributed by atoms with Crippen LogP contribution in [0.25, 0.3) is 6.08 Å². The van der Waals surface area contributed by atoms with Gasteiger partial charge in [0, 0.05) is 30.6 Å².